The van der Waals surface area contributed by atoms with Crippen LogP contribution in [-0.4, -0.2) is 25.5 Å². The largest absolute Gasteiger partial charge is 0.495 e. The molecule has 1 aromatic carbocycles. The summed E-state index contributed by atoms with van der Waals surface area (Å²) in [6.45, 7) is 1.87. The van der Waals surface area contributed by atoms with Crippen molar-refractivity contribution in [2.24, 2.45) is 0 Å². The molecular weight excluding hydrogens is 292 g/mol. The molecule has 0 fully saturated rings. The van der Waals surface area contributed by atoms with Crippen LogP contribution in [0.1, 0.15) is 25.2 Å². The molecule has 7 nitrogen and oxygen atoms in total. The number of aromatic amines is 1. The molecule has 2 aromatic rings. The van der Waals surface area contributed by atoms with Crippen molar-refractivity contribution in [3.05, 3.63) is 36.4 Å². The molecule has 0 amide bonds. The van der Waals surface area contributed by atoms with E-state index in [0.717, 1.165) is 0 Å². The van der Waals surface area contributed by atoms with Crippen molar-refractivity contribution in [1.82, 2.24) is 14.7 Å². The topological polar surface area (TPSA) is 110 Å². The van der Waals surface area contributed by atoms with E-state index in [4.69, 9.17) is 10.5 Å². The lowest BCUT2D eigenvalue weighted by atomic mass is 10.2. The second kappa shape index (κ2) is 6.15. The number of ether oxygens (including phenoxy) is 1. The van der Waals surface area contributed by atoms with Crippen molar-refractivity contribution in [2.75, 3.05) is 12.8 Å². The van der Waals surface area contributed by atoms with Crippen LogP contribution >= 0.6 is 0 Å². The molecule has 8 heteroatoms. The van der Waals surface area contributed by atoms with Gasteiger partial charge in [-0.1, -0.05) is 6.92 Å². The monoisotopic (exact) mass is 310 g/mol. The van der Waals surface area contributed by atoms with E-state index in [1.807, 2.05) is 6.92 Å². The van der Waals surface area contributed by atoms with Gasteiger partial charge in [0.2, 0.25) is 10.0 Å². The molecule has 0 bridgehead atoms. The number of nitrogens with two attached hydrogens (primary N) is 1. The molecule has 0 aliphatic heterocycles. The van der Waals surface area contributed by atoms with Gasteiger partial charge in [0.05, 0.1) is 23.7 Å². The summed E-state index contributed by atoms with van der Waals surface area (Å²) in [6.07, 6.45) is 3.80. The fourth-order valence-corrected chi connectivity index (χ4v) is 3.21. The zero-order chi connectivity index (χ0) is 15.5. The Morgan fingerprint density at radius 1 is 1.48 bits per heavy atom. The first kappa shape index (κ1) is 15.3. The number of rotatable bonds is 6. The lowest BCUT2D eigenvalue weighted by molar-refractivity contribution is 0.415. The first-order valence-electron chi connectivity index (χ1n) is 6.43. The number of nitrogens with one attached hydrogen (secondary N) is 2. The van der Waals surface area contributed by atoms with Crippen LogP contribution in [0.2, 0.25) is 0 Å². The van der Waals surface area contributed by atoms with Gasteiger partial charge in [0, 0.05) is 18.5 Å². The van der Waals surface area contributed by atoms with Crippen molar-refractivity contribution >= 4 is 15.7 Å². The summed E-state index contributed by atoms with van der Waals surface area (Å²) in [4.78, 5) is 7.09. The van der Waals surface area contributed by atoms with Crippen LogP contribution in [0.3, 0.4) is 0 Å². The Morgan fingerprint density at radius 3 is 2.81 bits per heavy atom. The Morgan fingerprint density at radius 2 is 2.24 bits per heavy atom. The summed E-state index contributed by atoms with van der Waals surface area (Å²) < 4.78 is 32.5. The fourth-order valence-electron chi connectivity index (χ4n) is 1.91. The van der Waals surface area contributed by atoms with E-state index in [0.29, 0.717) is 23.7 Å². The highest BCUT2D eigenvalue weighted by Crippen LogP contribution is 2.25. The van der Waals surface area contributed by atoms with E-state index >= 15 is 0 Å². The summed E-state index contributed by atoms with van der Waals surface area (Å²) in [7, 11) is -2.25. The van der Waals surface area contributed by atoms with Gasteiger partial charge in [-0.2, -0.15) is 0 Å². The number of nitrogens with zero attached hydrogens (tertiary/aromatic N) is 1. The molecule has 0 radical (unpaired) electrons. The van der Waals surface area contributed by atoms with Crippen LogP contribution < -0.4 is 15.2 Å². The van der Waals surface area contributed by atoms with Crippen LogP contribution in [0.4, 0.5) is 5.69 Å². The third kappa shape index (κ3) is 3.34. The van der Waals surface area contributed by atoms with Gasteiger partial charge < -0.3 is 15.5 Å². The summed E-state index contributed by atoms with van der Waals surface area (Å²) in [6, 6.07) is 3.91. The van der Waals surface area contributed by atoms with Crippen molar-refractivity contribution in [2.45, 2.75) is 24.3 Å². The van der Waals surface area contributed by atoms with E-state index in [9.17, 15) is 8.42 Å². The summed E-state index contributed by atoms with van der Waals surface area (Å²) in [5.74, 6) is 0.896. The minimum atomic E-state index is -3.69. The van der Waals surface area contributed by atoms with Crippen molar-refractivity contribution in [3.63, 3.8) is 0 Å². The second-order valence-electron chi connectivity index (χ2n) is 4.46. The maximum Gasteiger partial charge on any atom is 0.241 e. The van der Waals surface area contributed by atoms with Gasteiger partial charge in [-0.15, -0.1) is 0 Å². The van der Waals surface area contributed by atoms with Gasteiger partial charge >= 0.3 is 0 Å². The molecular formula is C13H18N4O3S. The Hall–Kier alpha value is -2.06. The van der Waals surface area contributed by atoms with Crippen molar-refractivity contribution in [3.8, 4) is 5.75 Å². The van der Waals surface area contributed by atoms with E-state index in [1.54, 1.807) is 12.4 Å². The van der Waals surface area contributed by atoms with E-state index in [-0.39, 0.29) is 4.90 Å². The minimum Gasteiger partial charge on any atom is -0.495 e. The normalized spacial score (nSPS) is 13.0. The average Bonchev–Trinajstić information content (AvgIpc) is 2.99. The molecule has 114 valence electrons. The Labute approximate surface area is 123 Å². The van der Waals surface area contributed by atoms with Gasteiger partial charge in [0.25, 0.3) is 0 Å². The van der Waals surface area contributed by atoms with Crippen LogP contribution in [0.5, 0.6) is 5.75 Å². The number of hydrogen-bond acceptors (Lipinski definition) is 5. The van der Waals surface area contributed by atoms with E-state index in [1.165, 1.54) is 25.3 Å². The molecule has 0 saturated heterocycles. The molecule has 1 heterocycles. The van der Waals surface area contributed by atoms with Crippen LogP contribution in [-0.2, 0) is 10.0 Å². The fraction of sp³-hybridized carbons (Fsp3) is 0.308. The molecule has 21 heavy (non-hydrogen) atoms. The zero-order valence-electron chi connectivity index (χ0n) is 11.8. The SMILES string of the molecule is CCC(NS(=O)(=O)c1ccc(N)c(OC)c1)c1ncc[nH]1. The third-order valence-electron chi connectivity index (χ3n) is 3.07. The molecule has 0 aliphatic carbocycles. The zero-order valence-corrected chi connectivity index (χ0v) is 12.6. The molecule has 0 aliphatic rings. The molecule has 1 unspecified atom stereocenters. The Bertz CT molecular complexity index is 698. The van der Waals surface area contributed by atoms with Gasteiger partial charge in [-0.05, 0) is 18.6 Å². The van der Waals surface area contributed by atoms with Gasteiger partial charge in [-0.3, -0.25) is 0 Å². The Balaban J connectivity index is 2.29. The second-order valence-corrected chi connectivity index (χ2v) is 6.17. The molecule has 1 atom stereocenters. The van der Waals surface area contributed by atoms with Crippen molar-refractivity contribution in [1.29, 1.82) is 0 Å². The summed E-state index contributed by atoms with van der Waals surface area (Å²) >= 11 is 0. The number of benzene rings is 1. The van der Waals surface area contributed by atoms with Crippen molar-refractivity contribution < 1.29 is 13.2 Å². The number of nitrogen functional groups attached to an aromatic ring is 1. The number of aromatic nitrogens is 2. The van der Waals surface area contributed by atoms with E-state index < -0.39 is 16.1 Å². The lowest BCUT2D eigenvalue weighted by Gasteiger charge is -2.15. The number of H-pyrrole nitrogens is 1. The van der Waals surface area contributed by atoms with Gasteiger partial charge in [0.15, 0.2) is 0 Å². The van der Waals surface area contributed by atoms with Crippen LogP contribution in [0.25, 0.3) is 0 Å². The number of hydrogen-bond donors (Lipinski definition) is 3. The predicted octanol–water partition coefficient (Wildman–Crippen LogP) is 1.43. The van der Waals surface area contributed by atoms with Gasteiger partial charge in [0.1, 0.15) is 11.6 Å². The molecule has 0 saturated carbocycles. The van der Waals surface area contributed by atoms with Gasteiger partial charge in [-0.25, -0.2) is 18.1 Å². The quantitative estimate of drug-likeness (QED) is 0.699. The van der Waals surface area contributed by atoms with Crippen LogP contribution in [0.15, 0.2) is 35.5 Å². The number of methoxy groups -OCH3 is 1. The number of sulfonamides is 1. The number of anilines is 1. The number of imidazole rings is 1. The highest BCUT2D eigenvalue weighted by Gasteiger charge is 2.22. The Kier molecular flexibility index (Phi) is 4.49. The standard InChI is InChI=1S/C13H18N4O3S/c1-3-11(13-15-6-7-16-13)17-21(18,19)9-4-5-10(14)12(8-9)20-2/h4-8,11,17H,3,14H2,1-2H3,(H,15,16). The average molecular weight is 310 g/mol. The molecule has 0 spiro atoms. The molecule has 1 aromatic heterocycles. The highest BCUT2D eigenvalue weighted by atomic mass is 32.2. The molecule has 4 N–H and O–H groups in total. The summed E-state index contributed by atoms with van der Waals surface area (Å²) in [5.41, 5.74) is 6.08. The third-order valence-corrected chi connectivity index (χ3v) is 4.54. The lowest BCUT2D eigenvalue weighted by Crippen LogP contribution is -2.29. The first-order chi connectivity index (χ1) is 9.97. The smallest absolute Gasteiger partial charge is 0.241 e. The van der Waals surface area contributed by atoms with Crippen LogP contribution in [0, 0.1) is 0 Å². The predicted molar refractivity (Wildman–Crippen MR) is 79.3 cm³/mol. The van der Waals surface area contributed by atoms with E-state index in [2.05, 4.69) is 14.7 Å². The maximum atomic E-state index is 12.4. The first-order valence-corrected chi connectivity index (χ1v) is 7.91. The molecule has 2 rings (SSSR count). The minimum absolute atomic E-state index is 0.0959. The maximum absolute atomic E-state index is 12.4. The highest BCUT2D eigenvalue weighted by molar-refractivity contribution is 7.89. The summed E-state index contributed by atoms with van der Waals surface area (Å²) in [5, 5.41) is 0.